The molecule has 1 saturated heterocycles. The number of pyridine rings is 2. The van der Waals surface area contributed by atoms with Gasteiger partial charge in [-0.25, -0.2) is 9.78 Å². The fourth-order valence-corrected chi connectivity index (χ4v) is 5.20. The first-order valence-electron chi connectivity index (χ1n) is 11.6. The van der Waals surface area contributed by atoms with E-state index in [4.69, 9.17) is 14.6 Å². The van der Waals surface area contributed by atoms with Gasteiger partial charge >= 0.3 is 6.03 Å². The Balaban J connectivity index is 0.000000917. The van der Waals surface area contributed by atoms with Crippen LogP contribution in [0.2, 0.25) is 0 Å². The summed E-state index contributed by atoms with van der Waals surface area (Å²) in [5.41, 5.74) is 3.62. The maximum atomic E-state index is 13.2. The first-order valence-corrected chi connectivity index (χ1v) is 11.6. The number of hydrogen-bond acceptors (Lipinski definition) is 7. The molecule has 1 fully saturated rings. The Kier molecular flexibility index (Phi) is 7.15. The third-order valence-corrected chi connectivity index (χ3v) is 6.45. The molecule has 2 amide bonds. The van der Waals surface area contributed by atoms with E-state index in [1.807, 2.05) is 25.5 Å². The number of carbonyl (C=O) groups excluding carboxylic acids is 1. The first kappa shape index (κ1) is 24.4. The Labute approximate surface area is 203 Å². The summed E-state index contributed by atoms with van der Waals surface area (Å²) in [6.07, 6.45) is 6.70. The Bertz CT molecular complexity index is 1220. The lowest BCUT2D eigenvalue weighted by atomic mass is 9.82. The Hall–Kier alpha value is -3.73. The number of aryl methyl sites for hydroxylation is 1. The number of methoxy groups -OCH3 is 1. The van der Waals surface area contributed by atoms with Gasteiger partial charge in [-0.2, -0.15) is 10.1 Å². The molecule has 0 saturated carbocycles. The molecule has 0 aromatic carbocycles. The smallest absolute Gasteiger partial charge is 0.327 e. The minimum absolute atomic E-state index is 0.233. The number of carbonyl (C=O) groups is 2. The monoisotopic (exact) mass is 481 g/mol. The summed E-state index contributed by atoms with van der Waals surface area (Å²) < 4.78 is 7.09. The maximum Gasteiger partial charge on any atom is 0.327 e. The number of carboxylic acid groups (broad SMARTS) is 1. The van der Waals surface area contributed by atoms with E-state index < -0.39 is 0 Å². The number of piperidine rings is 1. The minimum atomic E-state index is -0.250. The third-order valence-electron chi connectivity index (χ3n) is 6.45. The van der Waals surface area contributed by atoms with Crippen molar-refractivity contribution in [3.63, 3.8) is 0 Å². The summed E-state index contributed by atoms with van der Waals surface area (Å²) >= 11 is 0. The van der Waals surface area contributed by atoms with Crippen molar-refractivity contribution in [1.82, 2.24) is 25.1 Å². The van der Waals surface area contributed by atoms with E-state index >= 15 is 0 Å². The zero-order valence-electron chi connectivity index (χ0n) is 20.4. The van der Waals surface area contributed by atoms with Gasteiger partial charge in [0, 0.05) is 49.0 Å². The molecule has 3 atom stereocenters. The highest BCUT2D eigenvalue weighted by atomic mass is 16.5. The van der Waals surface area contributed by atoms with E-state index in [2.05, 4.69) is 45.6 Å². The predicted octanol–water partition coefficient (Wildman–Crippen LogP) is 2.91. The Morgan fingerprint density at radius 1 is 1.31 bits per heavy atom. The maximum absolute atomic E-state index is 13.2. The van der Waals surface area contributed by atoms with E-state index in [0.717, 1.165) is 30.5 Å². The number of nitrogens with zero attached hydrogens (tertiary/aromatic N) is 5. The molecule has 5 heterocycles. The van der Waals surface area contributed by atoms with Crippen molar-refractivity contribution in [3.05, 3.63) is 35.7 Å². The number of rotatable bonds is 3. The SMILES string of the molecule is COc1nc2nn(C)cc2cc1NC(=O)N1CCc2c(C3C[C@@H](C)N[C@@H](C)C3)ccnc21.O=CO. The van der Waals surface area contributed by atoms with Gasteiger partial charge in [0.15, 0.2) is 5.65 Å². The van der Waals surface area contributed by atoms with Gasteiger partial charge in [-0.3, -0.25) is 14.4 Å². The molecule has 186 valence electrons. The lowest BCUT2D eigenvalue weighted by Gasteiger charge is -2.34. The van der Waals surface area contributed by atoms with Crippen molar-refractivity contribution >= 4 is 35.0 Å². The van der Waals surface area contributed by atoms with Crippen LogP contribution in [0.3, 0.4) is 0 Å². The lowest BCUT2D eigenvalue weighted by Crippen LogP contribution is -2.41. The molecule has 5 rings (SSSR count). The lowest BCUT2D eigenvalue weighted by molar-refractivity contribution is -0.122. The number of fused-ring (bicyclic) bond motifs is 2. The quantitative estimate of drug-likeness (QED) is 0.486. The van der Waals surface area contributed by atoms with Gasteiger partial charge in [-0.15, -0.1) is 0 Å². The van der Waals surface area contributed by atoms with Gasteiger partial charge in [-0.05, 0) is 56.7 Å². The molecule has 11 heteroatoms. The highest BCUT2D eigenvalue weighted by Crippen LogP contribution is 2.38. The molecule has 2 aliphatic rings. The molecular weight excluding hydrogens is 450 g/mol. The molecule has 35 heavy (non-hydrogen) atoms. The van der Waals surface area contributed by atoms with Crippen molar-refractivity contribution in [1.29, 1.82) is 0 Å². The normalized spacial score (nSPS) is 21.1. The van der Waals surface area contributed by atoms with Crippen LogP contribution in [0, 0.1) is 0 Å². The predicted molar refractivity (Wildman–Crippen MR) is 132 cm³/mol. The standard InChI is InChI=1S/C23H29N7O2.CH2O2/c1-13-9-15(10-14(2)25-13)17-5-7-24-21-18(17)6-8-30(21)23(31)26-19-11-16-12-29(3)28-20(16)27-22(19)32-4;2-1-3/h5,7,11-15,25H,6,8-10H2,1-4H3,(H,26,31);1H,(H,2,3)/t13-,14+,15?;. The van der Waals surface area contributed by atoms with Crippen LogP contribution in [-0.4, -0.2) is 63.1 Å². The van der Waals surface area contributed by atoms with Gasteiger partial charge in [0.05, 0.1) is 7.11 Å². The molecule has 2 aliphatic heterocycles. The van der Waals surface area contributed by atoms with Crippen molar-refractivity contribution in [2.24, 2.45) is 7.05 Å². The number of aromatic nitrogens is 4. The summed E-state index contributed by atoms with van der Waals surface area (Å²) in [5, 5.41) is 18.6. The zero-order valence-corrected chi connectivity index (χ0v) is 20.4. The van der Waals surface area contributed by atoms with Crippen molar-refractivity contribution in [3.8, 4) is 5.88 Å². The summed E-state index contributed by atoms with van der Waals surface area (Å²) in [6.45, 7) is 4.83. The summed E-state index contributed by atoms with van der Waals surface area (Å²) in [6, 6.07) is 4.71. The van der Waals surface area contributed by atoms with E-state index in [-0.39, 0.29) is 12.5 Å². The second kappa shape index (κ2) is 10.3. The topological polar surface area (TPSA) is 134 Å². The van der Waals surface area contributed by atoms with Gasteiger partial charge in [0.25, 0.3) is 6.47 Å². The zero-order chi connectivity index (χ0) is 25.1. The average Bonchev–Trinajstić information content (AvgIpc) is 3.40. The van der Waals surface area contributed by atoms with E-state index in [0.29, 0.717) is 41.8 Å². The fraction of sp³-hybridized carbons (Fsp3) is 0.458. The van der Waals surface area contributed by atoms with Crippen LogP contribution < -0.4 is 20.3 Å². The second-order valence-electron chi connectivity index (χ2n) is 9.04. The van der Waals surface area contributed by atoms with Crippen LogP contribution in [0.4, 0.5) is 16.3 Å². The van der Waals surface area contributed by atoms with Crippen molar-refractivity contribution in [2.75, 3.05) is 23.9 Å². The molecule has 0 spiro atoms. The summed E-state index contributed by atoms with van der Waals surface area (Å²) in [5.74, 6) is 1.58. The van der Waals surface area contributed by atoms with Crippen LogP contribution in [0.15, 0.2) is 24.5 Å². The van der Waals surface area contributed by atoms with Crippen molar-refractivity contribution in [2.45, 2.75) is 51.1 Å². The average molecular weight is 482 g/mol. The van der Waals surface area contributed by atoms with Crippen LogP contribution >= 0.6 is 0 Å². The molecule has 3 aromatic rings. The minimum Gasteiger partial charge on any atom is -0.483 e. The summed E-state index contributed by atoms with van der Waals surface area (Å²) in [4.78, 5) is 32.3. The number of ether oxygens (including phenoxy) is 1. The van der Waals surface area contributed by atoms with E-state index in [1.54, 1.807) is 9.58 Å². The molecular formula is C24H31N7O4. The molecule has 3 N–H and O–H groups in total. The van der Waals surface area contributed by atoms with Crippen LogP contribution in [0.1, 0.15) is 43.7 Å². The van der Waals surface area contributed by atoms with E-state index in [1.165, 1.54) is 18.2 Å². The molecule has 11 nitrogen and oxygen atoms in total. The van der Waals surface area contributed by atoms with E-state index in [9.17, 15) is 4.79 Å². The van der Waals surface area contributed by atoms with Crippen LogP contribution in [0.5, 0.6) is 5.88 Å². The van der Waals surface area contributed by atoms with Gasteiger partial charge in [0.2, 0.25) is 5.88 Å². The first-order chi connectivity index (χ1) is 16.8. The highest BCUT2D eigenvalue weighted by Gasteiger charge is 2.33. The molecule has 3 aromatic heterocycles. The largest absolute Gasteiger partial charge is 0.483 e. The van der Waals surface area contributed by atoms with Crippen LogP contribution in [0.25, 0.3) is 11.0 Å². The Morgan fingerprint density at radius 3 is 2.71 bits per heavy atom. The number of hydrogen-bond donors (Lipinski definition) is 3. The molecule has 1 unspecified atom stereocenters. The second-order valence-corrected chi connectivity index (χ2v) is 9.04. The number of nitrogens with one attached hydrogen (secondary N) is 2. The summed E-state index contributed by atoms with van der Waals surface area (Å²) in [7, 11) is 3.37. The van der Waals surface area contributed by atoms with Crippen molar-refractivity contribution < 1.29 is 19.4 Å². The van der Waals surface area contributed by atoms with Crippen LogP contribution in [-0.2, 0) is 18.3 Å². The fourth-order valence-electron chi connectivity index (χ4n) is 5.20. The molecule has 0 aliphatic carbocycles. The van der Waals surface area contributed by atoms with Gasteiger partial charge in [-0.1, -0.05) is 0 Å². The number of urea groups is 1. The van der Waals surface area contributed by atoms with Gasteiger partial charge < -0.3 is 20.5 Å². The Morgan fingerprint density at radius 2 is 2.03 bits per heavy atom. The number of anilines is 2. The number of amides is 2. The molecule has 0 bridgehead atoms. The van der Waals surface area contributed by atoms with Gasteiger partial charge in [0.1, 0.15) is 11.5 Å². The third kappa shape index (κ3) is 5.04. The molecule has 0 radical (unpaired) electrons. The highest BCUT2D eigenvalue weighted by molar-refractivity contribution is 6.04.